The highest BCUT2D eigenvalue weighted by atomic mass is 19.1. The smallest absolute Gasteiger partial charge is 0.256 e. The molecule has 0 amide bonds. The number of benzene rings is 2. The van der Waals surface area contributed by atoms with E-state index < -0.39 is 5.82 Å². The van der Waals surface area contributed by atoms with Crippen molar-refractivity contribution in [3.05, 3.63) is 105 Å². The quantitative estimate of drug-likeness (QED) is 0.457. The Labute approximate surface area is 192 Å². The predicted molar refractivity (Wildman–Crippen MR) is 130 cm³/mol. The minimum Gasteiger partial charge on any atom is -0.377 e. The average molecular weight is 443 g/mol. The molecule has 1 aliphatic rings. The van der Waals surface area contributed by atoms with Crippen molar-refractivity contribution in [2.24, 2.45) is 0 Å². The van der Waals surface area contributed by atoms with E-state index in [0.29, 0.717) is 17.5 Å². The Balaban J connectivity index is 1.82. The van der Waals surface area contributed by atoms with Gasteiger partial charge in [-0.05, 0) is 67.0 Å². The Morgan fingerprint density at radius 3 is 2.58 bits per heavy atom. The monoisotopic (exact) mass is 442 g/mol. The fraction of sp³-hybridized carbons (Fsp3) is 0.259. The second-order valence-corrected chi connectivity index (χ2v) is 8.94. The summed E-state index contributed by atoms with van der Waals surface area (Å²) in [5, 5.41) is 4.77. The molecule has 2 unspecified atom stereocenters. The zero-order chi connectivity index (χ0) is 23.1. The van der Waals surface area contributed by atoms with Gasteiger partial charge in [0.05, 0.1) is 11.4 Å². The van der Waals surface area contributed by atoms with Gasteiger partial charge in [0.1, 0.15) is 5.82 Å². The molecule has 2 aromatic heterocycles. The lowest BCUT2D eigenvalue weighted by Gasteiger charge is -2.37. The molecule has 0 saturated carbocycles. The number of H-pyrrole nitrogens is 1. The second kappa shape index (κ2) is 8.45. The van der Waals surface area contributed by atoms with Crippen LogP contribution in [-0.4, -0.2) is 29.0 Å². The number of nitrogens with zero attached hydrogens (tertiary/aromatic N) is 2. The summed E-state index contributed by atoms with van der Waals surface area (Å²) in [4.78, 5) is 22.2. The summed E-state index contributed by atoms with van der Waals surface area (Å²) >= 11 is 0. The fourth-order valence-corrected chi connectivity index (χ4v) is 5.11. The third-order valence-corrected chi connectivity index (χ3v) is 6.39. The second-order valence-electron chi connectivity index (χ2n) is 8.94. The number of anilines is 1. The molecular weight excluding hydrogens is 415 g/mol. The van der Waals surface area contributed by atoms with Crippen LogP contribution in [0.1, 0.15) is 46.8 Å². The first kappa shape index (κ1) is 21.3. The van der Waals surface area contributed by atoms with Crippen LogP contribution in [0.4, 0.5) is 10.1 Å². The van der Waals surface area contributed by atoms with E-state index in [0.717, 1.165) is 34.3 Å². The van der Waals surface area contributed by atoms with Gasteiger partial charge < -0.3 is 15.2 Å². The first-order chi connectivity index (χ1) is 16.0. The van der Waals surface area contributed by atoms with E-state index in [1.165, 1.54) is 17.7 Å². The van der Waals surface area contributed by atoms with E-state index >= 15 is 0 Å². The fourth-order valence-electron chi connectivity index (χ4n) is 5.11. The SMILES string of the molecule is CCc1[nH]c(=O)c2cc(F)cc3c2c1C(c1cccc(CN(C)C)c1)C(c1ccncc1)N3. The molecule has 4 aromatic rings. The molecule has 3 heterocycles. The van der Waals surface area contributed by atoms with Crippen LogP contribution in [0.25, 0.3) is 10.8 Å². The van der Waals surface area contributed by atoms with Gasteiger partial charge in [0.25, 0.3) is 5.56 Å². The van der Waals surface area contributed by atoms with Crippen molar-refractivity contribution >= 4 is 16.5 Å². The van der Waals surface area contributed by atoms with Crippen LogP contribution in [0, 0.1) is 5.82 Å². The first-order valence-electron chi connectivity index (χ1n) is 11.2. The Morgan fingerprint density at radius 2 is 1.85 bits per heavy atom. The number of hydrogen-bond acceptors (Lipinski definition) is 4. The van der Waals surface area contributed by atoms with Gasteiger partial charge in [0.2, 0.25) is 0 Å². The molecule has 2 N–H and O–H groups in total. The predicted octanol–water partition coefficient (Wildman–Crippen LogP) is 4.98. The standard InChI is InChI=1S/C27H27FN4O/c1-4-21-25-23(18-7-5-6-16(12-18)15-32(2)3)26(17-8-10-29-11-9-17)30-22-14-19(28)13-20(24(22)25)27(33)31-21/h5-14,23,26,30H,4,15H2,1-3H3,(H,31,33). The van der Waals surface area contributed by atoms with Crippen LogP contribution in [-0.2, 0) is 13.0 Å². The maximum atomic E-state index is 14.5. The van der Waals surface area contributed by atoms with Gasteiger partial charge in [0, 0.05) is 41.6 Å². The summed E-state index contributed by atoms with van der Waals surface area (Å²) in [7, 11) is 4.11. The lowest BCUT2D eigenvalue weighted by molar-refractivity contribution is 0.402. The highest BCUT2D eigenvalue weighted by molar-refractivity contribution is 5.99. The van der Waals surface area contributed by atoms with Crippen molar-refractivity contribution in [3.63, 3.8) is 0 Å². The molecule has 1 aliphatic heterocycles. The van der Waals surface area contributed by atoms with Crippen molar-refractivity contribution in [1.82, 2.24) is 14.9 Å². The van der Waals surface area contributed by atoms with Gasteiger partial charge in [-0.15, -0.1) is 0 Å². The summed E-state index contributed by atoms with van der Waals surface area (Å²) in [6, 6.07) is 15.3. The van der Waals surface area contributed by atoms with E-state index in [1.807, 2.05) is 19.1 Å². The van der Waals surface area contributed by atoms with Crippen LogP contribution in [0.3, 0.4) is 0 Å². The van der Waals surface area contributed by atoms with Crippen LogP contribution in [0.5, 0.6) is 0 Å². The van der Waals surface area contributed by atoms with Gasteiger partial charge in [0.15, 0.2) is 0 Å². The molecule has 168 valence electrons. The molecule has 0 radical (unpaired) electrons. The molecule has 33 heavy (non-hydrogen) atoms. The maximum Gasteiger partial charge on any atom is 0.256 e. The highest BCUT2D eigenvalue weighted by Crippen LogP contribution is 2.48. The molecule has 5 rings (SSSR count). The number of aromatic amines is 1. The molecule has 2 atom stereocenters. The zero-order valence-electron chi connectivity index (χ0n) is 19.0. The van der Waals surface area contributed by atoms with E-state index in [9.17, 15) is 9.18 Å². The molecule has 6 heteroatoms. The summed E-state index contributed by atoms with van der Waals surface area (Å²) in [5.41, 5.74) is 5.79. The zero-order valence-corrected chi connectivity index (χ0v) is 19.0. The number of aryl methyl sites for hydroxylation is 1. The maximum absolute atomic E-state index is 14.5. The molecule has 0 fully saturated rings. The van der Waals surface area contributed by atoms with Crippen LogP contribution >= 0.6 is 0 Å². The van der Waals surface area contributed by atoms with Crippen molar-refractivity contribution in [2.75, 3.05) is 19.4 Å². The van der Waals surface area contributed by atoms with Crippen molar-refractivity contribution in [1.29, 1.82) is 0 Å². The highest BCUT2D eigenvalue weighted by Gasteiger charge is 2.35. The summed E-state index contributed by atoms with van der Waals surface area (Å²) in [5.74, 6) is -0.493. The summed E-state index contributed by atoms with van der Waals surface area (Å²) in [6.45, 7) is 2.87. The number of pyridine rings is 2. The van der Waals surface area contributed by atoms with Crippen molar-refractivity contribution < 1.29 is 4.39 Å². The molecule has 0 saturated heterocycles. The van der Waals surface area contributed by atoms with Gasteiger partial charge in [-0.25, -0.2) is 4.39 Å². The average Bonchev–Trinajstić information content (AvgIpc) is 2.80. The molecule has 0 spiro atoms. The Morgan fingerprint density at radius 1 is 1.06 bits per heavy atom. The number of hydrogen-bond donors (Lipinski definition) is 2. The molecule has 0 aliphatic carbocycles. The lowest BCUT2D eigenvalue weighted by Crippen LogP contribution is -2.28. The van der Waals surface area contributed by atoms with E-state index in [1.54, 1.807) is 12.4 Å². The minimum absolute atomic E-state index is 0.0678. The third-order valence-electron chi connectivity index (χ3n) is 6.39. The number of aromatic nitrogens is 2. The third kappa shape index (κ3) is 3.80. The Kier molecular flexibility index (Phi) is 5.46. The molecule has 0 bridgehead atoms. The molecule has 2 aromatic carbocycles. The summed E-state index contributed by atoms with van der Waals surface area (Å²) < 4.78 is 14.5. The first-order valence-corrected chi connectivity index (χ1v) is 11.2. The van der Waals surface area contributed by atoms with Gasteiger partial charge in [-0.3, -0.25) is 9.78 Å². The Hall–Kier alpha value is -3.51. The van der Waals surface area contributed by atoms with Crippen LogP contribution in [0.15, 0.2) is 65.7 Å². The topological polar surface area (TPSA) is 61.0 Å². The lowest BCUT2D eigenvalue weighted by atomic mass is 9.76. The van der Waals surface area contributed by atoms with Gasteiger partial charge in [-0.1, -0.05) is 31.2 Å². The van der Waals surface area contributed by atoms with E-state index in [2.05, 4.69) is 58.5 Å². The number of rotatable bonds is 5. The summed E-state index contributed by atoms with van der Waals surface area (Å²) in [6.07, 6.45) is 4.23. The van der Waals surface area contributed by atoms with Crippen LogP contribution in [0.2, 0.25) is 0 Å². The Bertz CT molecular complexity index is 1380. The van der Waals surface area contributed by atoms with Gasteiger partial charge in [-0.2, -0.15) is 0 Å². The molecular formula is C27H27FN4O. The minimum atomic E-state index is -0.425. The largest absolute Gasteiger partial charge is 0.377 e. The number of halogens is 1. The normalized spacial score (nSPS) is 17.4. The number of nitrogens with one attached hydrogen (secondary N) is 2. The van der Waals surface area contributed by atoms with Crippen molar-refractivity contribution in [2.45, 2.75) is 31.8 Å². The molecule has 5 nitrogen and oxygen atoms in total. The van der Waals surface area contributed by atoms with Gasteiger partial charge >= 0.3 is 0 Å². The van der Waals surface area contributed by atoms with E-state index in [-0.39, 0.29) is 17.5 Å². The van der Waals surface area contributed by atoms with E-state index in [4.69, 9.17) is 0 Å². The van der Waals surface area contributed by atoms with Crippen LogP contribution < -0.4 is 10.9 Å². The van der Waals surface area contributed by atoms with Crippen molar-refractivity contribution in [3.8, 4) is 0 Å².